The summed E-state index contributed by atoms with van der Waals surface area (Å²) in [6.07, 6.45) is 4.78. The second-order valence-electron chi connectivity index (χ2n) is 8.80. The van der Waals surface area contributed by atoms with Crippen LogP contribution in [0, 0.1) is 0 Å². The van der Waals surface area contributed by atoms with E-state index in [-0.39, 0.29) is 18.0 Å². The maximum absolute atomic E-state index is 13.4. The summed E-state index contributed by atoms with van der Waals surface area (Å²) >= 11 is 1.44. The molecule has 0 aliphatic rings. The maximum atomic E-state index is 13.4. The summed E-state index contributed by atoms with van der Waals surface area (Å²) in [5.41, 5.74) is 5.80. The predicted octanol–water partition coefficient (Wildman–Crippen LogP) is 6.77. The minimum Gasteiger partial charge on any atom is -0.325 e. The van der Waals surface area contributed by atoms with E-state index in [2.05, 4.69) is 41.5 Å². The fraction of sp³-hybridized carbons (Fsp3) is 0.167. The third-order valence-corrected chi connectivity index (χ3v) is 7.12. The summed E-state index contributed by atoms with van der Waals surface area (Å²) < 4.78 is 1.38. The van der Waals surface area contributed by atoms with Crippen LogP contribution in [0.5, 0.6) is 0 Å². The summed E-state index contributed by atoms with van der Waals surface area (Å²) in [4.78, 5) is 31.2. The molecule has 5 rings (SSSR count). The molecule has 6 heteroatoms. The first-order valence-electron chi connectivity index (χ1n) is 12.1. The van der Waals surface area contributed by atoms with Crippen molar-refractivity contribution < 1.29 is 4.79 Å². The average Bonchev–Trinajstić information content (AvgIpc) is 3.35. The first-order chi connectivity index (χ1) is 17.6. The van der Waals surface area contributed by atoms with E-state index in [9.17, 15) is 9.59 Å². The molecule has 180 valence electrons. The monoisotopic (exact) mass is 493 g/mol. The van der Waals surface area contributed by atoms with Crippen LogP contribution < -0.4 is 10.9 Å². The van der Waals surface area contributed by atoms with Gasteiger partial charge in [0.2, 0.25) is 5.91 Å². The number of benzene rings is 3. The van der Waals surface area contributed by atoms with Crippen molar-refractivity contribution in [2.45, 2.75) is 32.7 Å². The number of thiophene rings is 1. The average molecular weight is 494 g/mol. The number of amides is 1. The third kappa shape index (κ3) is 5.14. The number of rotatable bonds is 8. The van der Waals surface area contributed by atoms with Crippen molar-refractivity contribution in [3.63, 3.8) is 0 Å². The van der Waals surface area contributed by atoms with Gasteiger partial charge in [-0.3, -0.25) is 14.2 Å². The summed E-state index contributed by atoms with van der Waals surface area (Å²) in [6, 6.07) is 26.2. The van der Waals surface area contributed by atoms with Crippen LogP contribution in [0.2, 0.25) is 0 Å². The Morgan fingerprint density at radius 2 is 1.61 bits per heavy atom. The normalized spacial score (nSPS) is 11.0. The molecule has 0 saturated carbocycles. The number of fused-ring (bicyclic) bond motifs is 1. The highest BCUT2D eigenvalue weighted by atomic mass is 32.1. The maximum Gasteiger partial charge on any atom is 0.263 e. The SMILES string of the molecule is CCCCc1ccc(NC(=O)Cn2cnc3scc(-c4ccc(-c5ccccc5)cc4)c3c2=O)cc1. The van der Waals surface area contributed by atoms with Crippen LogP contribution in [-0.4, -0.2) is 15.5 Å². The van der Waals surface area contributed by atoms with Crippen molar-refractivity contribution in [1.29, 1.82) is 0 Å². The molecular weight excluding hydrogens is 466 g/mol. The Bertz CT molecular complexity index is 1540. The molecule has 2 aromatic heterocycles. The number of anilines is 1. The van der Waals surface area contributed by atoms with Crippen molar-refractivity contribution >= 4 is 33.1 Å². The summed E-state index contributed by atoms with van der Waals surface area (Å²) in [5.74, 6) is -0.261. The number of hydrogen-bond acceptors (Lipinski definition) is 4. The molecule has 0 spiro atoms. The van der Waals surface area contributed by atoms with Crippen molar-refractivity contribution in [3.8, 4) is 22.3 Å². The zero-order chi connectivity index (χ0) is 24.9. The zero-order valence-electron chi connectivity index (χ0n) is 20.1. The minimum atomic E-state index is -0.261. The number of aryl methyl sites for hydroxylation is 1. The van der Waals surface area contributed by atoms with Gasteiger partial charge < -0.3 is 5.32 Å². The molecule has 2 heterocycles. The van der Waals surface area contributed by atoms with Crippen LogP contribution >= 0.6 is 11.3 Å². The molecule has 5 nitrogen and oxygen atoms in total. The van der Waals surface area contributed by atoms with Crippen molar-refractivity contribution in [2.75, 3.05) is 5.32 Å². The van der Waals surface area contributed by atoms with Gasteiger partial charge in [0.05, 0.1) is 11.7 Å². The lowest BCUT2D eigenvalue weighted by molar-refractivity contribution is -0.116. The lowest BCUT2D eigenvalue weighted by Crippen LogP contribution is -2.27. The van der Waals surface area contributed by atoms with Crippen LogP contribution in [0.25, 0.3) is 32.5 Å². The summed E-state index contributed by atoms with van der Waals surface area (Å²) in [6.45, 7) is 2.07. The second kappa shape index (κ2) is 10.7. The predicted molar refractivity (Wildman–Crippen MR) is 148 cm³/mol. The fourth-order valence-electron chi connectivity index (χ4n) is 4.26. The van der Waals surface area contributed by atoms with Crippen LogP contribution in [0.15, 0.2) is 95.4 Å². The van der Waals surface area contributed by atoms with Gasteiger partial charge in [-0.1, -0.05) is 80.1 Å². The Kier molecular flexibility index (Phi) is 7.05. The van der Waals surface area contributed by atoms with Crippen LogP contribution in [-0.2, 0) is 17.8 Å². The second-order valence-corrected chi connectivity index (χ2v) is 9.66. The number of carbonyl (C=O) groups is 1. The van der Waals surface area contributed by atoms with Gasteiger partial charge in [-0.2, -0.15) is 0 Å². The van der Waals surface area contributed by atoms with Gasteiger partial charge in [0.1, 0.15) is 11.4 Å². The Hall–Kier alpha value is -4.03. The first kappa shape index (κ1) is 23.7. The topological polar surface area (TPSA) is 64.0 Å². The van der Waals surface area contributed by atoms with E-state index in [1.165, 1.54) is 27.8 Å². The number of hydrogen-bond donors (Lipinski definition) is 1. The third-order valence-electron chi connectivity index (χ3n) is 6.23. The highest BCUT2D eigenvalue weighted by molar-refractivity contribution is 7.17. The van der Waals surface area contributed by atoms with Gasteiger partial charge in [0.25, 0.3) is 5.56 Å². The molecule has 1 N–H and O–H groups in total. The van der Waals surface area contributed by atoms with E-state index in [1.54, 1.807) is 0 Å². The van der Waals surface area contributed by atoms with E-state index in [1.807, 2.05) is 60.0 Å². The largest absolute Gasteiger partial charge is 0.325 e. The van der Waals surface area contributed by atoms with Gasteiger partial charge in [-0.25, -0.2) is 4.98 Å². The molecule has 36 heavy (non-hydrogen) atoms. The molecule has 0 fully saturated rings. The fourth-order valence-corrected chi connectivity index (χ4v) is 5.16. The van der Waals surface area contributed by atoms with Crippen molar-refractivity contribution in [1.82, 2.24) is 9.55 Å². The lowest BCUT2D eigenvalue weighted by Gasteiger charge is -2.09. The standard InChI is InChI=1S/C30H27N3O2S/c1-2-3-7-21-10-16-25(17-11-21)32-27(34)18-33-20-31-29-28(30(33)35)26(19-36-29)24-14-12-23(13-15-24)22-8-5-4-6-9-22/h4-6,8-17,19-20H,2-3,7,18H2,1H3,(H,32,34). The molecule has 1 amide bonds. The van der Waals surface area contributed by atoms with Crippen LogP contribution in [0.1, 0.15) is 25.3 Å². The molecule has 0 bridgehead atoms. The Balaban J connectivity index is 1.35. The number of unbranched alkanes of at least 4 members (excludes halogenated alkanes) is 1. The number of nitrogens with one attached hydrogen (secondary N) is 1. The van der Waals surface area contributed by atoms with Gasteiger partial charge >= 0.3 is 0 Å². The molecule has 3 aromatic carbocycles. The Labute approximate surface area is 214 Å². The first-order valence-corrected chi connectivity index (χ1v) is 13.0. The van der Waals surface area contributed by atoms with Crippen molar-refractivity contribution in [3.05, 3.63) is 106 Å². The molecule has 0 saturated heterocycles. The smallest absolute Gasteiger partial charge is 0.263 e. The van der Waals surface area contributed by atoms with E-state index < -0.39 is 0 Å². The van der Waals surface area contributed by atoms with Gasteiger partial charge in [-0.15, -0.1) is 11.3 Å². The zero-order valence-corrected chi connectivity index (χ0v) is 20.9. The highest BCUT2D eigenvalue weighted by Crippen LogP contribution is 2.32. The van der Waals surface area contributed by atoms with E-state index in [0.717, 1.165) is 47.2 Å². The summed E-state index contributed by atoms with van der Waals surface area (Å²) in [5, 5.41) is 5.39. The van der Waals surface area contributed by atoms with Crippen LogP contribution in [0.4, 0.5) is 5.69 Å². The molecule has 0 aliphatic heterocycles. The molecule has 0 unspecified atom stereocenters. The van der Waals surface area contributed by atoms with E-state index in [0.29, 0.717) is 10.2 Å². The number of carbonyl (C=O) groups excluding carboxylic acids is 1. The van der Waals surface area contributed by atoms with E-state index in [4.69, 9.17) is 0 Å². The Morgan fingerprint density at radius 1 is 0.917 bits per heavy atom. The minimum absolute atomic E-state index is 0.0956. The van der Waals surface area contributed by atoms with Gasteiger partial charge in [-0.05, 0) is 47.2 Å². The quantitative estimate of drug-likeness (QED) is 0.259. The summed E-state index contributed by atoms with van der Waals surface area (Å²) in [7, 11) is 0. The molecular formula is C30H27N3O2S. The van der Waals surface area contributed by atoms with Crippen LogP contribution in [0.3, 0.4) is 0 Å². The number of nitrogens with zero attached hydrogens (tertiary/aromatic N) is 2. The molecule has 5 aromatic rings. The number of aromatic nitrogens is 2. The van der Waals surface area contributed by atoms with Gasteiger partial charge in [0.15, 0.2) is 0 Å². The molecule has 0 atom stereocenters. The lowest BCUT2D eigenvalue weighted by atomic mass is 10.0. The molecule has 0 radical (unpaired) electrons. The van der Waals surface area contributed by atoms with E-state index >= 15 is 0 Å². The highest BCUT2D eigenvalue weighted by Gasteiger charge is 2.15. The molecule has 0 aliphatic carbocycles. The Morgan fingerprint density at radius 3 is 2.33 bits per heavy atom. The van der Waals surface area contributed by atoms with Gasteiger partial charge in [0, 0.05) is 16.6 Å². The van der Waals surface area contributed by atoms with Crippen molar-refractivity contribution in [2.24, 2.45) is 0 Å².